The normalized spacial score (nSPS) is 10.9. The van der Waals surface area contributed by atoms with Crippen molar-refractivity contribution < 1.29 is 18.6 Å². The van der Waals surface area contributed by atoms with Crippen molar-refractivity contribution in [3.63, 3.8) is 0 Å². The van der Waals surface area contributed by atoms with Crippen molar-refractivity contribution in [3.8, 4) is 45.8 Å². The van der Waals surface area contributed by atoms with Crippen molar-refractivity contribution in [1.82, 2.24) is 0 Å². The van der Waals surface area contributed by atoms with Gasteiger partial charge < -0.3 is 18.6 Å². The Kier molecular flexibility index (Phi) is 8.59. The van der Waals surface area contributed by atoms with Crippen molar-refractivity contribution in [3.05, 3.63) is 118 Å². The molecule has 0 N–H and O–H groups in total. The third-order valence-corrected chi connectivity index (χ3v) is 6.92. The van der Waals surface area contributed by atoms with E-state index in [2.05, 4.69) is 11.1 Å². The Morgan fingerprint density at radius 2 is 1.51 bits per heavy atom. The van der Waals surface area contributed by atoms with Crippen LogP contribution in [0.2, 0.25) is 10.0 Å². The molecule has 8 heteroatoms. The van der Waals surface area contributed by atoms with Gasteiger partial charge in [0.15, 0.2) is 0 Å². The minimum absolute atomic E-state index is 0.198. The maximum absolute atomic E-state index is 10.2. The summed E-state index contributed by atoms with van der Waals surface area (Å²) in [5.41, 5.74) is 4.13. The van der Waals surface area contributed by atoms with E-state index in [1.807, 2.05) is 78.9 Å². The molecule has 1 aromatic heterocycles. The van der Waals surface area contributed by atoms with E-state index in [9.17, 15) is 5.26 Å². The fourth-order valence-corrected chi connectivity index (χ4v) is 4.67. The average Bonchev–Trinajstić information content (AvgIpc) is 3.38. The molecule has 0 aliphatic carbocycles. The number of nitriles is 1. The molecule has 5 aromatic rings. The zero-order valence-electron chi connectivity index (χ0n) is 22.2. The van der Waals surface area contributed by atoms with Crippen molar-refractivity contribution in [2.45, 2.75) is 6.61 Å². The van der Waals surface area contributed by atoms with Gasteiger partial charge in [-0.25, -0.2) is 4.99 Å². The number of hydrogen-bond donors (Lipinski definition) is 0. The predicted molar refractivity (Wildman–Crippen MR) is 162 cm³/mol. The molecule has 6 nitrogen and oxygen atoms in total. The number of benzene rings is 4. The first kappa shape index (κ1) is 27.9. The van der Waals surface area contributed by atoms with E-state index < -0.39 is 0 Å². The smallest absolute Gasteiger partial charge is 0.238 e. The lowest BCUT2D eigenvalue weighted by Gasteiger charge is -2.08. The van der Waals surface area contributed by atoms with Gasteiger partial charge in [-0.15, -0.1) is 0 Å². The van der Waals surface area contributed by atoms with Crippen LogP contribution < -0.4 is 14.2 Å². The number of nitrogens with zero attached hydrogens (tertiary/aromatic N) is 2. The Morgan fingerprint density at radius 3 is 2.15 bits per heavy atom. The first-order valence-electron chi connectivity index (χ1n) is 12.6. The van der Waals surface area contributed by atoms with Crippen molar-refractivity contribution in [2.24, 2.45) is 4.99 Å². The number of halogens is 2. The van der Waals surface area contributed by atoms with Crippen molar-refractivity contribution in [1.29, 1.82) is 5.26 Å². The third-order valence-electron chi connectivity index (χ3n) is 6.33. The topological polar surface area (TPSA) is 77.0 Å². The van der Waals surface area contributed by atoms with Gasteiger partial charge in [0.25, 0.3) is 0 Å². The molecule has 0 fully saturated rings. The van der Waals surface area contributed by atoms with Gasteiger partial charge in [-0.1, -0.05) is 53.5 Å². The molecule has 0 amide bonds. The quantitative estimate of drug-likeness (QED) is 0.162. The third kappa shape index (κ3) is 6.38. The highest BCUT2D eigenvalue weighted by atomic mass is 35.5. The number of methoxy groups -OCH3 is 2. The monoisotopic (exact) mass is 582 g/mol. The second kappa shape index (κ2) is 12.6. The van der Waals surface area contributed by atoms with E-state index in [4.69, 9.17) is 41.8 Å². The van der Waals surface area contributed by atoms with Gasteiger partial charge in [0.05, 0.1) is 14.2 Å². The summed E-state index contributed by atoms with van der Waals surface area (Å²) in [6.45, 7) is 0.282. The predicted octanol–water partition coefficient (Wildman–Crippen LogP) is 9.14. The molecule has 0 unspecified atom stereocenters. The first-order chi connectivity index (χ1) is 20.0. The molecule has 0 atom stereocenters. The summed E-state index contributed by atoms with van der Waals surface area (Å²) in [6.07, 6.45) is 1.64. The lowest BCUT2D eigenvalue weighted by molar-refractivity contribution is 0.306. The van der Waals surface area contributed by atoms with E-state index in [-0.39, 0.29) is 12.5 Å². The van der Waals surface area contributed by atoms with Crippen LogP contribution in [0.3, 0.4) is 0 Å². The molecule has 0 aliphatic rings. The van der Waals surface area contributed by atoms with Crippen molar-refractivity contribution in [2.75, 3.05) is 14.2 Å². The van der Waals surface area contributed by atoms with Gasteiger partial charge in [0.2, 0.25) is 5.88 Å². The summed E-state index contributed by atoms with van der Waals surface area (Å²) < 4.78 is 22.8. The van der Waals surface area contributed by atoms with Crippen molar-refractivity contribution >= 4 is 35.3 Å². The number of furan rings is 1. The SMILES string of the molecule is COc1ccc(-c2oc(/N=C/c3cccc(OCc4ccc(Cl)cc4Cl)c3)c(C#N)c2-c2ccc(OC)cc2)cc1. The first-order valence-corrected chi connectivity index (χ1v) is 13.3. The molecule has 0 saturated carbocycles. The molecule has 0 radical (unpaired) electrons. The standard InChI is InChI=1S/C33H24Cl2N2O4/c1-38-26-12-7-22(8-13-26)31-29(18-36)33(41-32(31)23-9-14-27(39-2)15-10-23)37-19-21-4-3-5-28(16-21)40-20-24-6-11-25(34)17-30(24)35/h3-17,19H,20H2,1-2H3/b37-19+. The Hall–Kier alpha value is -4.70. The minimum atomic E-state index is 0.198. The number of hydrogen-bond acceptors (Lipinski definition) is 6. The highest BCUT2D eigenvalue weighted by Gasteiger charge is 2.23. The Balaban J connectivity index is 1.47. The zero-order chi connectivity index (χ0) is 28.8. The number of rotatable bonds is 9. The maximum Gasteiger partial charge on any atom is 0.238 e. The fourth-order valence-electron chi connectivity index (χ4n) is 4.21. The second-order valence-electron chi connectivity index (χ2n) is 8.91. The van der Waals surface area contributed by atoms with Crippen LogP contribution in [0, 0.1) is 11.3 Å². The van der Waals surface area contributed by atoms with E-state index in [1.165, 1.54) is 0 Å². The maximum atomic E-state index is 10.2. The highest BCUT2D eigenvalue weighted by Crippen LogP contribution is 2.43. The summed E-state index contributed by atoms with van der Waals surface area (Å²) in [7, 11) is 3.22. The van der Waals surface area contributed by atoms with Gasteiger partial charge >= 0.3 is 0 Å². The van der Waals surface area contributed by atoms with Gasteiger partial charge in [-0.05, 0) is 71.8 Å². The number of ether oxygens (including phenoxy) is 3. The minimum Gasteiger partial charge on any atom is -0.497 e. The summed E-state index contributed by atoms with van der Waals surface area (Å²) >= 11 is 12.3. The van der Waals surface area contributed by atoms with Crippen LogP contribution in [0.25, 0.3) is 22.5 Å². The molecular weight excluding hydrogens is 559 g/mol. The summed E-state index contributed by atoms with van der Waals surface area (Å²) in [6, 6.07) is 29.9. The summed E-state index contributed by atoms with van der Waals surface area (Å²) in [4.78, 5) is 4.58. The lowest BCUT2D eigenvalue weighted by atomic mass is 9.98. The molecule has 0 spiro atoms. The molecule has 41 heavy (non-hydrogen) atoms. The second-order valence-corrected chi connectivity index (χ2v) is 9.75. The molecule has 0 aliphatic heterocycles. The van der Waals surface area contributed by atoms with Crippen LogP contribution in [0.1, 0.15) is 16.7 Å². The van der Waals surface area contributed by atoms with Crippen LogP contribution in [0.15, 0.2) is 100 Å². The van der Waals surface area contributed by atoms with Crippen LogP contribution in [0.5, 0.6) is 17.2 Å². The average molecular weight is 583 g/mol. The molecule has 4 aromatic carbocycles. The van der Waals surface area contributed by atoms with E-state index in [0.29, 0.717) is 44.2 Å². The Bertz CT molecular complexity index is 1740. The molecule has 1 heterocycles. The molecule has 5 rings (SSSR count). The summed E-state index contributed by atoms with van der Waals surface area (Å²) in [5.74, 6) is 2.78. The van der Waals surface area contributed by atoms with E-state index in [1.54, 1.807) is 32.6 Å². The van der Waals surface area contributed by atoms with Crippen LogP contribution in [-0.4, -0.2) is 20.4 Å². The van der Waals surface area contributed by atoms with Crippen LogP contribution in [-0.2, 0) is 6.61 Å². The Labute approximate surface area is 248 Å². The summed E-state index contributed by atoms with van der Waals surface area (Å²) in [5, 5.41) is 11.3. The lowest BCUT2D eigenvalue weighted by Crippen LogP contribution is -1.96. The molecule has 204 valence electrons. The van der Waals surface area contributed by atoms with Gasteiger partial charge in [-0.3, -0.25) is 0 Å². The van der Waals surface area contributed by atoms with E-state index >= 15 is 0 Å². The van der Waals surface area contributed by atoms with Crippen LogP contribution in [0.4, 0.5) is 5.88 Å². The largest absolute Gasteiger partial charge is 0.497 e. The number of aliphatic imine (C=N–C) groups is 1. The Morgan fingerprint density at radius 1 is 0.829 bits per heavy atom. The molecular formula is C33H24Cl2N2O4. The van der Waals surface area contributed by atoms with E-state index in [0.717, 1.165) is 22.3 Å². The van der Waals surface area contributed by atoms with Gasteiger partial charge in [-0.2, -0.15) is 5.26 Å². The molecule has 0 saturated heterocycles. The van der Waals surface area contributed by atoms with Crippen LogP contribution >= 0.6 is 23.2 Å². The zero-order valence-corrected chi connectivity index (χ0v) is 23.7. The van der Waals surface area contributed by atoms with Gasteiger partial charge in [0.1, 0.15) is 41.2 Å². The highest BCUT2D eigenvalue weighted by molar-refractivity contribution is 6.35. The molecule has 0 bridgehead atoms. The fraction of sp³-hybridized carbons (Fsp3) is 0.0909. The van der Waals surface area contributed by atoms with Gasteiger partial charge in [0, 0.05) is 33.0 Å².